The number of hydrogen-bond acceptors (Lipinski definition) is 5. The average Bonchev–Trinajstić information content (AvgIpc) is 2.65. The summed E-state index contributed by atoms with van der Waals surface area (Å²) in [6.07, 6.45) is 1.04. The van der Waals surface area contributed by atoms with Gasteiger partial charge >= 0.3 is 0 Å². The van der Waals surface area contributed by atoms with Crippen LogP contribution in [0.15, 0.2) is 23.2 Å². The number of halogens is 1. The van der Waals surface area contributed by atoms with Gasteiger partial charge in [-0.2, -0.15) is 0 Å². The Labute approximate surface area is 180 Å². The van der Waals surface area contributed by atoms with Crippen LogP contribution in [-0.2, 0) is 11.3 Å². The van der Waals surface area contributed by atoms with Crippen LogP contribution in [0.4, 0.5) is 0 Å². The van der Waals surface area contributed by atoms with Gasteiger partial charge in [0.15, 0.2) is 17.5 Å². The summed E-state index contributed by atoms with van der Waals surface area (Å²) in [7, 11) is 7.13. The van der Waals surface area contributed by atoms with E-state index in [0.717, 1.165) is 62.2 Å². The van der Waals surface area contributed by atoms with Gasteiger partial charge in [0.2, 0.25) is 0 Å². The second-order valence-electron chi connectivity index (χ2n) is 5.92. The summed E-state index contributed by atoms with van der Waals surface area (Å²) in [6.45, 7) is 6.96. The number of nitrogens with zero attached hydrogens (tertiary/aromatic N) is 2. The van der Waals surface area contributed by atoms with Crippen molar-refractivity contribution in [1.29, 1.82) is 0 Å². The molecule has 1 rings (SSSR count). The Hall–Kier alpha value is -1.26. The second kappa shape index (κ2) is 15.8. The molecule has 156 valence electrons. The predicted molar refractivity (Wildman–Crippen MR) is 122 cm³/mol. The largest absolute Gasteiger partial charge is 0.493 e. The Kier molecular flexibility index (Phi) is 15.0. The van der Waals surface area contributed by atoms with Crippen LogP contribution >= 0.6 is 24.0 Å². The van der Waals surface area contributed by atoms with Crippen molar-refractivity contribution in [2.75, 3.05) is 61.2 Å². The number of ether oxygens (including phenoxy) is 3. The SMILES string of the molecule is CCNC(=NCc1cccc(OC)c1OC)NCCN(C)CCCOC.I. The molecule has 0 heterocycles. The van der Waals surface area contributed by atoms with Crippen molar-refractivity contribution >= 4 is 29.9 Å². The van der Waals surface area contributed by atoms with E-state index >= 15 is 0 Å². The molecule has 0 spiro atoms. The maximum Gasteiger partial charge on any atom is 0.191 e. The molecule has 0 amide bonds. The minimum Gasteiger partial charge on any atom is -0.493 e. The van der Waals surface area contributed by atoms with E-state index in [1.165, 1.54) is 0 Å². The smallest absolute Gasteiger partial charge is 0.191 e. The quantitative estimate of drug-likeness (QED) is 0.201. The van der Waals surface area contributed by atoms with Gasteiger partial charge in [-0.15, -0.1) is 24.0 Å². The fourth-order valence-corrected chi connectivity index (χ4v) is 2.54. The van der Waals surface area contributed by atoms with Crippen LogP contribution in [0.2, 0.25) is 0 Å². The van der Waals surface area contributed by atoms with Crippen molar-refractivity contribution < 1.29 is 14.2 Å². The van der Waals surface area contributed by atoms with Gasteiger partial charge < -0.3 is 29.7 Å². The summed E-state index contributed by atoms with van der Waals surface area (Å²) in [5, 5.41) is 6.65. The van der Waals surface area contributed by atoms with Gasteiger partial charge in [0.25, 0.3) is 0 Å². The highest BCUT2D eigenvalue weighted by Gasteiger charge is 2.09. The third kappa shape index (κ3) is 10.0. The Balaban J connectivity index is 0.00000676. The summed E-state index contributed by atoms with van der Waals surface area (Å²) in [6, 6.07) is 5.83. The Morgan fingerprint density at radius 1 is 1.11 bits per heavy atom. The molecule has 0 radical (unpaired) electrons. The van der Waals surface area contributed by atoms with E-state index in [0.29, 0.717) is 6.54 Å². The third-order valence-electron chi connectivity index (χ3n) is 3.91. The lowest BCUT2D eigenvalue weighted by Crippen LogP contribution is -2.41. The molecule has 0 aliphatic rings. The standard InChI is InChI=1S/C19H34N4O3.HI/c1-6-20-19(21-11-13-23(2)12-8-14-24-3)22-15-16-9-7-10-17(25-4)18(16)26-5;/h7,9-10H,6,8,11-15H2,1-5H3,(H2,20,21,22);1H. The summed E-state index contributed by atoms with van der Waals surface area (Å²) in [4.78, 5) is 6.94. The van der Waals surface area contributed by atoms with Crippen molar-refractivity contribution in [2.45, 2.75) is 19.9 Å². The molecule has 27 heavy (non-hydrogen) atoms. The molecule has 0 saturated heterocycles. The maximum atomic E-state index is 5.47. The lowest BCUT2D eigenvalue weighted by atomic mass is 10.2. The number of methoxy groups -OCH3 is 3. The van der Waals surface area contributed by atoms with Crippen molar-refractivity contribution in [2.24, 2.45) is 4.99 Å². The lowest BCUT2D eigenvalue weighted by Gasteiger charge is -2.18. The zero-order valence-corrected chi connectivity index (χ0v) is 19.5. The molecule has 0 aromatic heterocycles. The summed E-state index contributed by atoms with van der Waals surface area (Å²) in [5.41, 5.74) is 0.987. The van der Waals surface area contributed by atoms with Crippen molar-refractivity contribution in [3.63, 3.8) is 0 Å². The molecule has 8 heteroatoms. The van der Waals surface area contributed by atoms with Crippen LogP contribution in [0.1, 0.15) is 18.9 Å². The molecule has 0 fully saturated rings. The van der Waals surface area contributed by atoms with E-state index in [9.17, 15) is 0 Å². The number of guanidine groups is 1. The molecule has 0 saturated carbocycles. The van der Waals surface area contributed by atoms with Crippen LogP contribution in [0.5, 0.6) is 11.5 Å². The minimum absolute atomic E-state index is 0. The maximum absolute atomic E-state index is 5.47. The molecule has 1 aromatic rings. The van der Waals surface area contributed by atoms with Crippen molar-refractivity contribution in [1.82, 2.24) is 15.5 Å². The van der Waals surface area contributed by atoms with Crippen LogP contribution in [0.3, 0.4) is 0 Å². The molecule has 0 bridgehead atoms. The number of aliphatic imine (C=N–C) groups is 1. The lowest BCUT2D eigenvalue weighted by molar-refractivity contribution is 0.180. The molecule has 1 aromatic carbocycles. The second-order valence-corrected chi connectivity index (χ2v) is 5.92. The van der Waals surface area contributed by atoms with Gasteiger partial charge in [-0.25, -0.2) is 4.99 Å². The van der Waals surface area contributed by atoms with E-state index in [1.807, 2.05) is 18.2 Å². The normalized spacial score (nSPS) is 11.1. The van der Waals surface area contributed by atoms with Gasteiger partial charge in [0.05, 0.1) is 20.8 Å². The van der Waals surface area contributed by atoms with Crippen LogP contribution in [0.25, 0.3) is 0 Å². The molecular formula is C19H35IN4O3. The van der Waals surface area contributed by atoms with Gasteiger partial charge in [-0.3, -0.25) is 0 Å². The highest BCUT2D eigenvalue weighted by Crippen LogP contribution is 2.30. The van der Waals surface area contributed by atoms with Gasteiger partial charge in [-0.05, 0) is 26.5 Å². The van der Waals surface area contributed by atoms with E-state index in [4.69, 9.17) is 14.2 Å². The summed E-state index contributed by atoms with van der Waals surface area (Å²) >= 11 is 0. The van der Waals surface area contributed by atoms with Gasteiger partial charge in [0.1, 0.15) is 0 Å². The molecule has 0 aliphatic heterocycles. The number of nitrogens with one attached hydrogen (secondary N) is 2. The molecule has 0 atom stereocenters. The van der Waals surface area contributed by atoms with Crippen molar-refractivity contribution in [3.05, 3.63) is 23.8 Å². The minimum atomic E-state index is 0. The van der Waals surface area contributed by atoms with E-state index in [2.05, 4.69) is 34.5 Å². The number of likely N-dealkylation sites (N-methyl/N-ethyl adjacent to an activating group) is 1. The summed E-state index contributed by atoms with van der Waals surface area (Å²) < 4.78 is 15.9. The zero-order chi connectivity index (χ0) is 19.2. The van der Waals surface area contributed by atoms with E-state index in [-0.39, 0.29) is 24.0 Å². The Morgan fingerprint density at radius 3 is 2.52 bits per heavy atom. The third-order valence-corrected chi connectivity index (χ3v) is 3.91. The monoisotopic (exact) mass is 494 g/mol. The molecular weight excluding hydrogens is 459 g/mol. The van der Waals surface area contributed by atoms with Crippen molar-refractivity contribution in [3.8, 4) is 11.5 Å². The first-order valence-electron chi connectivity index (χ1n) is 9.05. The number of benzene rings is 1. The number of para-hydroxylation sites is 1. The average molecular weight is 494 g/mol. The first kappa shape index (κ1) is 25.7. The Morgan fingerprint density at radius 2 is 1.89 bits per heavy atom. The van der Waals surface area contributed by atoms with Crippen LogP contribution < -0.4 is 20.1 Å². The van der Waals surface area contributed by atoms with Crippen LogP contribution in [-0.4, -0.2) is 72.0 Å². The first-order chi connectivity index (χ1) is 12.7. The number of rotatable bonds is 12. The highest BCUT2D eigenvalue weighted by molar-refractivity contribution is 14.0. The molecule has 2 N–H and O–H groups in total. The Bertz CT molecular complexity index is 544. The van der Waals surface area contributed by atoms with Gasteiger partial charge in [0, 0.05) is 45.5 Å². The van der Waals surface area contributed by atoms with Gasteiger partial charge in [-0.1, -0.05) is 12.1 Å². The first-order valence-corrected chi connectivity index (χ1v) is 9.05. The zero-order valence-electron chi connectivity index (χ0n) is 17.2. The molecule has 7 nitrogen and oxygen atoms in total. The summed E-state index contributed by atoms with van der Waals surface area (Å²) in [5.74, 6) is 2.24. The molecule has 0 aliphatic carbocycles. The highest BCUT2D eigenvalue weighted by atomic mass is 127. The van der Waals surface area contributed by atoms with Crippen LogP contribution in [0, 0.1) is 0 Å². The predicted octanol–water partition coefficient (Wildman–Crippen LogP) is 2.35. The molecule has 0 unspecified atom stereocenters. The van der Waals surface area contributed by atoms with E-state index in [1.54, 1.807) is 21.3 Å². The topological polar surface area (TPSA) is 67.4 Å². The fraction of sp³-hybridized carbons (Fsp3) is 0.632. The van der Waals surface area contributed by atoms with E-state index < -0.39 is 0 Å². The number of hydrogen-bond donors (Lipinski definition) is 2. The fourth-order valence-electron chi connectivity index (χ4n) is 2.54.